The summed E-state index contributed by atoms with van der Waals surface area (Å²) in [4.78, 5) is 14.5. The molecule has 0 bridgehead atoms. The van der Waals surface area contributed by atoms with E-state index in [1.54, 1.807) is 29.2 Å². The Morgan fingerprint density at radius 1 is 1.15 bits per heavy atom. The molecule has 0 radical (unpaired) electrons. The van der Waals surface area contributed by atoms with Crippen molar-refractivity contribution in [2.75, 3.05) is 24.9 Å². The van der Waals surface area contributed by atoms with Crippen molar-refractivity contribution in [3.05, 3.63) is 53.1 Å². The number of likely N-dealkylation sites (tertiary alicyclic amines) is 1. The Morgan fingerprint density at radius 2 is 1.85 bits per heavy atom. The van der Waals surface area contributed by atoms with Gasteiger partial charge in [-0.1, -0.05) is 23.7 Å². The molecule has 1 fully saturated rings. The van der Waals surface area contributed by atoms with Gasteiger partial charge in [0.2, 0.25) is 0 Å². The minimum atomic E-state index is -3.94. The van der Waals surface area contributed by atoms with E-state index in [1.165, 1.54) is 25.3 Å². The molecule has 0 saturated carbocycles. The first-order valence-corrected chi connectivity index (χ1v) is 10.0. The van der Waals surface area contributed by atoms with Gasteiger partial charge in [-0.3, -0.25) is 9.52 Å². The summed E-state index contributed by atoms with van der Waals surface area (Å²) >= 11 is 6.04. The number of carbonyl (C=O) groups excluding carboxylic acids is 1. The zero-order chi connectivity index (χ0) is 18.7. The number of carbonyl (C=O) groups is 1. The van der Waals surface area contributed by atoms with Crippen LogP contribution in [-0.4, -0.2) is 39.4 Å². The van der Waals surface area contributed by atoms with E-state index >= 15 is 0 Å². The first-order chi connectivity index (χ1) is 12.4. The maximum Gasteiger partial charge on any atom is 0.265 e. The number of nitrogens with one attached hydrogen (secondary N) is 1. The van der Waals surface area contributed by atoms with Crippen LogP contribution in [0.2, 0.25) is 5.02 Å². The molecule has 1 N–H and O–H groups in total. The van der Waals surface area contributed by atoms with Gasteiger partial charge in [0.25, 0.3) is 15.9 Å². The summed E-state index contributed by atoms with van der Waals surface area (Å²) in [6.07, 6.45) is 1.88. The Kier molecular flexibility index (Phi) is 5.38. The van der Waals surface area contributed by atoms with Crippen molar-refractivity contribution in [3.63, 3.8) is 0 Å². The quantitative estimate of drug-likeness (QED) is 0.843. The van der Waals surface area contributed by atoms with E-state index in [1.807, 2.05) is 0 Å². The van der Waals surface area contributed by atoms with Gasteiger partial charge in [0, 0.05) is 18.1 Å². The van der Waals surface area contributed by atoms with Gasteiger partial charge in [-0.25, -0.2) is 8.42 Å². The third-order valence-corrected chi connectivity index (χ3v) is 5.85. The van der Waals surface area contributed by atoms with Crippen LogP contribution >= 0.6 is 11.6 Å². The number of para-hydroxylation sites is 1. The van der Waals surface area contributed by atoms with E-state index in [0.29, 0.717) is 18.1 Å². The Bertz CT molecular complexity index is 925. The first-order valence-electron chi connectivity index (χ1n) is 8.17. The van der Waals surface area contributed by atoms with E-state index in [2.05, 4.69) is 4.72 Å². The van der Waals surface area contributed by atoms with Gasteiger partial charge in [-0.15, -0.1) is 0 Å². The van der Waals surface area contributed by atoms with Gasteiger partial charge < -0.3 is 9.64 Å². The SMILES string of the molecule is COc1ccccc1S(=O)(=O)Nc1ccc(Cl)cc1C(=O)N1CCCC1. The molecule has 0 aromatic heterocycles. The smallest absolute Gasteiger partial charge is 0.265 e. The maximum absolute atomic E-state index is 12.8. The van der Waals surface area contributed by atoms with Gasteiger partial charge in [0.1, 0.15) is 10.6 Å². The Hall–Kier alpha value is -2.25. The standard InChI is InChI=1S/C18H19ClN2O4S/c1-25-16-6-2-3-7-17(16)26(23,24)20-15-9-8-13(19)12-14(15)18(22)21-10-4-5-11-21/h2-3,6-9,12,20H,4-5,10-11H2,1H3. The highest BCUT2D eigenvalue weighted by molar-refractivity contribution is 7.92. The molecule has 1 aliphatic heterocycles. The molecule has 2 aromatic rings. The van der Waals surface area contributed by atoms with Crippen LogP contribution in [0.5, 0.6) is 5.75 Å². The number of hydrogen-bond acceptors (Lipinski definition) is 4. The van der Waals surface area contributed by atoms with Crippen LogP contribution in [0.4, 0.5) is 5.69 Å². The number of anilines is 1. The second kappa shape index (κ2) is 7.55. The summed E-state index contributed by atoms with van der Waals surface area (Å²) in [5.41, 5.74) is 0.426. The molecule has 0 aliphatic carbocycles. The third-order valence-electron chi connectivity index (χ3n) is 4.21. The van der Waals surface area contributed by atoms with Crippen LogP contribution in [0.15, 0.2) is 47.4 Å². The summed E-state index contributed by atoms with van der Waals surface area (Å²) in [7, 11) is -2.54. The third kappa shape index (κ3) is 3.78. The van der Waals surface area contributed by atoms with Gasteiger partial charge in [0.05, 0.1) is 18.4 Å². The summed E-state index contributed by atoms with van der Waals surface area (Å²) < 4.78 is 33.3. The normalized spacial score (nSPS) is 14.3. The number of methoxy groups -OCH3 is 1. The van der Waals surface area contributed by atoms with Crippen LogP contribution in [0.3, 0.4) is 0 Å². The molecule has 3 rings (SSSR count). The summed E-state index contributed by atoms with van der Waals surface area (Å²) in [6.45, 7) is 1.31. The van der Waals surface area contributed by atoms with Crippen molar-refractivity contribution in [1.82, 2.24) is 4.90 Å². The topological polar surface area (TPSA) is 75.7 Å². The van der Waals surface area contributed by atoms with Crippen LogP contribution in [0.1, 0.15) is 23.2 Å². The fourth-order valence-corrected chi connectivity index (χ4v) is 4.34. The number of nitrogens with zero attached hydrogens (tertiary/aromatic N) is 1. The lowest BCUT2D eigenvalue weighted by Crippen LogP contribution is -2.29. The van der Waals surface area contributed by atoms with E-state index in [9.17, 15) is 13.2 Å². The molecule has 6 nitrogen and oxygen atoms in total. The highest BCUT2D eigenvalue weighted by Crippen LogP contribution is 2.29. The Morgan fingerprint density at radius 3 is 2.54 bits per heavy atom. The molecule has 2 aromatic carbocycles. The molecule has 0 spiro atoms. The van der Waals surface area contributed by atoms with E-state index in [-0.39, 0.29) is 27.8 Å². The molecule has 1 saturated heterocycles. The van der Waals surface area contributed by atoms with E-state index < -0.39 is 10.0 Å². The molecule has 0 atom stereocenters. The second-order valence-corrected chi connectivity index (χ2v) is 8.03. The number of sulfonamides is 1. The minimum absolute atomic E-state index is 0.00276. The fraction of sp³-hybridized carbons (Fsp3) is 0.278. The predicted octanol–water partition coefficient (Wildman–Crippen LogP) is 3.39. The zero-order valence-electron chi connectivity index (χ0n) is 14.2. The van der Waals surface area contributed by atoms with Crippen LogP contribution < -0.4 is 9.46 Å². The first kappa shape index (κ1) is 18.5. The summed E-state index contributed by atoms with van der Waals surface area (Å²) in [5.74, 6) is -0.0101. The molecule has 8 heteroatoms. The number of amides is 1. The molecule has 1 aliphatic rings. The highest BCUT2D eigenvalue weighted by Gasteiger charge is 2.25. The number of hydrogen-bond donors (Lipinski definition) is 1. The zero-order valence-corrected chi connectivity index (χ0v) is 15.8. The van der Waals surface area contributed by atoms with Crippen LogP contribution in [-0.2, 0) is 10.0 Å². The average molecular weight is 395 g/mol. The molecule has 1 heterocycles. The molecular formula is C18H19ClN2O4S. The molecule has 26 heavy (non-hydrogen) atoms. The van der Waals surface area contributed by atoms with Crippen molar-refractivity contribution < 1.29 is 17.9 Å². The average Bonchev–Trinajstić information content (AvgIpc) is 3.17. The highest BCUT2D eigenvalue weighted by atomic mass is 35.5. The van der Waals surface area contributed by atoms with Gasteiger partial charge in [-0.05, 0) is 43.2 Å². The van der Waals surface area contributed by atoms with Gasteiger partial charge in [-0.2, -0.15) is 0 Å². The molecule has 0 unspecified atom stereocenters. The predicted molar refractivity (Wildman–Crippen MR) is 100 cm³/mol. The minimum Gasteiger partial charge on any atom is -0.495 e. The van der Waals surface area contributed by atoms with Gasteiger partial charge in [0.15, 0.2) is 0 Å². The molecule has 1 amide bonds. The van der Waals surface area contributed by atoms with Crippen molar-refractivity contribution in [1.29, 1.82) is 0 Å². The molecular weight excluding hydrogens is 376 g/mol. The monoisotopic (exact) mass is 394 g/mol. The second-order valence-electron chi connectivity index (χ2n) is 5.95. The lowest BCUT2D eigenvalue weighted by Gasteiger charge is -2.19. The van der Waals surface area contributed by atoms with Crippen LogP contribution in [0.25, 0.3) is 0 Å². The number of rotatable bonds is 5. The Labute approximate surface area is 157 Å². The van der Waals surface area contributed by atoms with E-state index in [4.69, 9.17) is 16.3 Å². The number of benzene rings is 2. The van der Waals surface area contributed by atoms with Crippen molar-refractivity contribution >= 4 is 33.2 Å². The number of ether oxygens (including phenoxy) is 1. The summed E-state index contributed by atoms with van der Waals surface area (Å²) in [5, 5.41) is 0.368. The van der Waals surface area contributed by atoms with Crippen LogP contribution in [0, 0.1) is 0 Å². The fourth-order valence-electron chi connectivity index (χ4n) is 2.91. The van der Waals surface area contributed by atoms with E-state index in [0.717, 1.165) is 12.8 Å². The van der Waals surface area contributed by atoms with Gasteiger partial charge >= 0.3 is 0 Å². The number of halogens is 1. The van der Waals surface area contributed by atoms with Crippen molar-refractivity contribution in [2.24, 2.45) is 0 Å². The lowest BCUT2D eigenvalue weighted by molar-refractivity contribution is 0.0794. The Balaban J connectivity index is 1.98. The lowest BCUT2D eigenvalue weighted by atomic mass is 10.1. The van der Waals surface area contributed by atoms with Crippen molar-refractivity contribution in [2.45, 2.75) is 17.7 Å². The molecule has 138 valence electrons. The largest absolute Gasteiger partial charge is 0.495 e. The maximum atomic E-state index is 12.8. The summed E-state index contributed by atoms with van der Waals surface area (Å²) in [6, 6.07) is 10.8. The van der Waals surface area contributed by atoms with Crippen molar-refractivity contribution in [3.8, 4) is 5.75 Å².